The number of aliphatic hydroxyl groups is 1. The molecule has 288 valence electrons. The Bertz CT molecular complexity index is 1310. The normalized spacial score (nSPS) is 28.0. The fourth-order valence-electron chi connectivity index (χ4n) is 10.3. The van der Waals surface area contributed by atoms with Crippen molar-refractivity contribution in [1.29, 1.82) is 0 Å². The summed E-state index contributed by atoms with van der Waals surface area (Å²) in [5.74, 6) is 2.34. The van der Waals surface area contributed by atoms with Crippen LogP contribution in [0, 0.1) is 17.8 Å². The van der Waals surface area contributed by atoms with Crippen LogP contribution in [0.15, 0.2) is 48.5 Å². The Morgan fingerprint density at radius 2 is 1.35 bits per heavy atom. The standard InChI is InChI=1S/C45H69N3O4/c1-3-5-7-9-11-13-22-48(23-14-12-10-8-6-4-2)32-41-28-42(38-20-18-34(33-49)19-21-38)52-43(51-41)39-16-15-17-40(27-39)46-44(50)47-45-29-35-24-36(30-45)26-37(25-35)31-45/h15-21,27,35-37,41-43,49H,3-14,22-26,28-33H2,1-2H3,(H2,46,47,50)/t35?,36?,37?,41-,42+,43+,45?/m0/s1. The number of hydrogen-bond acceptors (Lipinski definition) is 5. The van der Waals surface area contributed by atoms with Gasteiger partial charge in [-0.1, -0.05) is 114 Å². The van der Waals surface area contributed by atoms with Gasteiger partial charge in [-0.15, -0.1) is 0 Å². The Balaban J connectivity index is 1.12. The lowest BCUT2D eigenvalue weighted by molar-refractivity contribution is -0.253. The number of hydrogen-bond donors (Lipinski definition) is 3. The van der Waals surface area contributed by atoms with E-state index in [0.29, 0.717) is 0 Å². The summed E-state index contributed by atoms with van der Waals surface area (Å²) in [6, 6.07) is 16.1. The Morgan fingerprint density at radius 1 is 0.750 bits per heavy atom. The van der Waals surface area contributed by atoms with Gasteiger partial charge < -0.3 is 30.1 Å². The smallest absolute Gasteiger partial charge is 0.319 e. The highest BCUT2D eigenvalue weighted by atomic mass is 16.7. The van der Waals surface area contributed by atoms with Gasteiger partial charge in [-0.2, -0.15) is 0 Å². The minimum Gasteiger partial charge on any atom is -0.392 e. The molecule has 5 fully saturated rings. The van der Waals surface area contributed by atoms with E-state index in [1.807, 2.05) is 30.3 Å². The van der Waals surface area contributed by atoms with Crippen molar-refractivity contribution in [3.8, 4) is 0 Å². The maximum atomic E-state index is 13.5. The van der Waals surface area contributed by atoms with E-state index in [1.54, 1.807) is 0 Å². The predicted octanol–water partition coefficient (Wildman–Crippen LogP) is 10.8. The number of amides is 2. The third-order valence-corrected chi connectivity index (χ3v) is 12.6. The van der Waals surface area contributed by atoms with Crippen molar-refractivity contribution in [1.82, 2.24) is 10.2 Å². The van der Waals surface area contributed by atoms with E-state index in [4.69, 9.17) is 9.47 Å². The van der Waals surface area contributed by atoms with Crippen molar-refractivity contribution >= 4 is 11.7 Å². The summed E-state index contributed by atoms with van der Waals surface area (Å²) in [7, 11) is 0. The second-order valence-corrected chi connectivity index (χ2v) is 17.1. The number of anilines is 1. The molecule has 7 heteroatoms. The van der Waals surface area contributed by atoms with E-state index in [2.05, 4.69) is 47.6 Å². The molecule has 2 aromatic rings. The van der Waals surface area contributed by atoms with Crippen molar-refractivity contribution in [2.75, 3.05) is 25.0 Å². The highest BCUT2D eigenvalue weighted by molar-refractivity contribution is 5.90. The average molecular weight is 716 g/mol. The highest BCUT2D eigenvalue weighted by Crippen LogP contribution is 2.55. The first-order valence-corrected chi connectivity index (χ1v) is 21.4. The number of benzene rings is 2. The Labute approximate surface area is 315 Å². The van der Waals surface area contributed by atoms with Crippen LogP contribution in [0.5, 0.6) is 0 Å². The fourth-order valence-corrected chi connectivity index (χ4v) is 10.3. The molecular weight excluding hydrogens is 647 g/mol. The number of nitrogens with zero attached hydrogens (tertiary/aromatic N) is 1. The van der Waals surface area contributed by atoms with Crippen molar-refractivity contribution in [2.24, 2.45) is 17.8 Å². The molecule has 4 saturated carbocycles. The van der Waals surface area contributed by atoms with Crippen LogP contribution in [0.2, 0.25) is 0 Å². The Morgan fingerprint density at radius 3 is 1.94 bits per heavy atom. The third-order valence-electron chi connectivity index (χ3n) is 12.6. The van der Waals surface area contributed by atoms with E-state index in [0.717, 1.165) is 85.4 Å². The van der Waals surface area contributed by atoms with Crippen molar-refractivity contribution in [2.45, 2.75) is 166 Å². The summed E-state index contributed by atoms with van der Waals surface area (Å²) < 4.78 is 13.6. The molecule has 7 nitrogen and oxygen atoms in total. The summed E-state index contributed by atoms with van der Waals surface area (Å²) in [4.78, 5) is 16.1. The topological polar surface area (TPSA) is 83.1 Å². The van der Waals surface area contributed by atoms with Crippen LogP contribution in [-0.4, -0.2) is 47.3 Å². The second-order valence-electron chi connectivity index (χ2n) is 17.1. The monoisotopic (exact) mass is 716 g/mol. The van der Waals surface area contributed by atoms with E-state index < -0.39 is 6.29 Å². The average Bonchev–Trinajstić information content (AvgIpc) is 3.13. The van der Waals surface area contributed by atoms with Crippen LogP contribution < -0.4 is 10.6 Å². The lowest BCUT2D eigenvalue weighted by Gasteiger charge is -2.56. The lowest BCUT2D eigenvalue weighted by Crippen LogP contribution is -2.60. The molecule has 7 rings (SSSR count). The van der Waals surface area contributed by atoms with E-state index in [-0.39, 0.29) is 30.4 Å². The van der Waals surface area contributed by atoms with Gasteiger partial charge in [0.25, 0.3) is 0 Å². The number of nitrogens with one attached hydrogen (secondary N) is 2. The van der Waals surface area contributed by atoms with Gasteiger partial charge in [0.15, 0.2) is 6.29 Å². The highest BCUT2D eigenvalue weighted by Gasteiger charge is 2.51. The first-order valence-electron chi connectivity index (χ1n) is 21.4. The largest absolute Gasteiger partial charge is 0.392 e. The molecular formula is C45H69N3O4. The summed E-state index contributed by atoms with van der Waals surface area (Å²) in [5.41, 5.74) is 3.67. The molecule has 1 aliphatic heterocycles. The lowest BCUT2D eigenvalue weighted by atomic mass is 9.53. The zero-order chi connectivity index (χ0) is 36.2. The molecule has 3 N–H and O–H groups in total. The van der Waals surface area contributed by atoms with Crippen LogP contribution >= 0.6 is 0 Å². The molecule has 2 aromatic carbocycles. The minimum atomic E-state index is -0.542. The minimum absolute atomic E-state index is 0.0115. The third kappa shape index (κ3) is 11.3. The Kier molecular flexibility index (Phi) is 14.9. The molecule has 2 amide bonds. The summed E-state index contributed by atoms with van der Waals surface area (Å²) >= 11 is 0. The maximum absolute atomic E-state index is 13.5. The zero-order valence-corrected chi connectivity index (χ0v) is 32.5. The van der Waals surface area contributed by atoms with Crippen LogP contribution in [0.1, 0.15) is 165 Å². The summed E-state index contributed by atoms with van der Waals surface area (Å²) in [5, 5.41) is 16.3. The van der Waals surface area contributed by atoms with Gasteiger partial charge >= 0.3 is 6.03 Å². The maximum Gasteiger partial charge on any atom is 0.319 e. The molecule has 5 aliphatic rings. The SMILES string of the molecule is CCCCCCCCN(CCCCCCCC)C[C@@H]1C[C@H](c2ccc(CO)cc2)O[C@H](c2cccc(NC(=O)NC34CC5CC(CC(C5)C3)C4)c2)O1. The fraction of sp³-hybridized carbons (Fsp3) is 0.711. The quantitative estimate of drug-likeness (QED) is 0.112. The first-order chi connectivity index (χ1) is 25.4. The number of aliphatic hydroxyl groups excluding tert-OH is 1. The van der Waals surface area contributed by atoms with Gasteiger partial charge in [-0.05, 0) is 105 Å². The van der Waals surface area contributed by atoms with Crippen LogP contribution in [0.4, 0.5) is 10.5 Å². The van der Waals surface area contributed by atoms with Gasteiger partial charge in [0.05, 0.1) is 18.8 Å². The molecule has 3 atom stereocenters. The van der Waals surface area contributed by atoms with E-state index in [9.17, 15) is 9.90 Å². The molecule has 0 aromatic heterocycles. The molecule has 1 saturated heterocycles. The summed E-state index contributed by atoms with van der Waals surface area (Å²) in [6.45, 7) is 7.71. The van der Waals surface area contributed by atoms with Crippen molar-refractivity contribution in [3.63, 3.8) is 0 Å². The van der Waals surface area contributed by atoms with Crippen LogP contribution in [0.3, 0.4) is 0 Å². The van der Waals surface area contributed by atoms with Gasteiger partial charge in [0.2, 0.25) is 0 Å². The Hall–Kier alpha value is -2.45. The first kappa shape index (κ1) is 39.2. The van der Waals surface area contributed by atoms with Crippen molar-refractivity contribution in [3.05, 3.63) is 65.2 Å². The molecule has 0 spiro atoms. The van der Waals surface area contributed by atoms with Crippen LogP contribution in [-0.2, 0) is 16.1 Å². The van der Waals surface area contributed by atoms with E-state index >= 15 is 0 Å². The second kappa shape index (κ2) is 19.8. The van der Waals surface area contributed by atoms with Crippen LogP contribution in [0.25, 0.3) is 0 Å². The molecule has 1 heterocycles. The van der Waals surface area contributed by atoms with Gasteiger partial charge in [0.1, 0.15) is 0 Å². The van der Waals surface area contributed by atoms with Crippen molar-refractivity contribution < 1.29 is 19.4 Å². The van der Waals surface area contributed by atoms with Gasteiger partial charge in [-0.25, -0.2) is 4.79 Å². The number of ether oxygens (including phenoxy) is 2. The number of carbonyl (C=O) groups excluding carboxylic acids is 1. The van der Waals surface area contributed by atoms with Gasteiger partial charge in [0, 0.05) is 29.8 Å². The number of unbranched alkanes of at least 4 members (excludes halogenated alkanes) is 10. The van der Waals surface area contributed by atoms with E-state index in [1.165, 1.54) is 96.3 Å². The molecule has 4 aliphatic carbocycles. The zero-order valence-electron chi connectivity index (χ0n) is 32.5. The molecule has 0 radical (unpaired) electrons. The van der Waals surface area contributed by atoms with Gasteiger partial charge in [-0.3, -0.25) is 0 Å². The number of rotatable bonds is 21. The number of urea groups is 1. The predicted molar refractivity (Wildman–Crippen MR) is 211 cm³/mol. The molecule has 0 unspecified atom stereocenters. The summed E-state index contributed by atoms with van der Waals surface area (Å²) in [6.07, 6.45) is 23.2. The number of carbonyl (C=O) groups is 1. The molecule has 4 bridgehead atoms. The molecule has 52 heavy (non-hydrogen) atoms.